The molecular formula is C19H13FN4. The van der Waals surface area contributed by atoms with E-state index in [1.54, 1.807) is 19.1 Å². The molecule has 1 aromatic heterocycles. The molecule has 0 amide bonds. The maximum atomic E-state index is 13.8. The number of aryl methyl sites for hydroxylation is 1. The molecule has 0 saturated carbocycles. The molecule has 0 aliphatic rings. The van der Waals surface area contributed by atoms with Gasteiger partial charge in [-0.3, -0.25) is 4.98 Å². The molecule has 0 spiro atoms. The number of nitrogens with zero attached hydrogens (tertiary/aromatic N) is 3. The van der Waals surface area contributed by atoms with Crippen LogP contribution in [-0.2, 0) is 6.54 Å². The van der Waals surface area contributed by atoms with E-state index in [0.29, 0.717) is 34.3 Å². The van der Waals surface area contributed by atoms with Gasteiger partial charge in [0.2, 0.25) is 0 Å². The second-order valence-electron chi connectivity index (χ2n) is 5.44. The molecule has 0 radical (unpaired) electrons. The Bertz CT molecular complexity index is 995. The van der Waals surface area contributed by atoms with Gasteiger partial charge in [0.15, 0.2) is 0 Å². The molecule has 0 aliphatic heterocycles. The zero-order valence-electron chi connectivity index (χ0n) is 13.0. The number of rotatable bonds is 3. The van der Waals surface area contributed by atoms with Gasteiger partial charge in [-0.05, 0) is 42.3 Å². The predicted octanol–water partition coefficient (Wildman–Crippen LogP) is 4.04. The molecule has 0 aliphatic carbocycles. The lowest BCUT2D eigenvalue weighted by Gasteiger charge is -2.13. The second kappa shape index (κ2) is 6.36. The first-order valence-electron chi connectivity index (χ1n) is 7.34. The third kappa shape index (κ3) is 2.88. The van der Waals surface area contributed by atoms with Gasteiger partial charge in [-0.1, -0.05) is 12.1 Å². The molecule has 0 unspecified atom stereocenters. The van der Waals surface area contributed by atoms with Crippen LogP contribution in [0.25, 0.3) is 10.9 Å². The van der Waals surface area contributed by atoms with E-state index in [9.17, 15) is 9.65 Å². The summed E-state index contributed by atoms with van der Waals surface area (Å²) in [6.07, 6.45) is 1.49. The molecule has 24 heavy (non-hydrogen) atoms. The molecular weight excluding hydrogens is 303 g/mol. The summed E-state index contributed by atoms with van der Waals surface area (Å²) in [5.41, 5.74) is 3.85. The first-order valence-corrected chi connectivity index (χ1v) is 7.34. The first-order chi connectivity index (χ1) is 11.6. The average Bonchev–Trinajstić information content (AvgIpc) is 2.60. The number of nitriles is 2. The van der Waals surface area contributed by atoms with Crippen LogP contribution in [0.5, 0.6) is 0 Å². The normalized spacial score (nSPS) is 10.2. The number of pyridine rings is 1. The van der Waals surface area contributed by atoms with Crippen molar-refractivity contribution in [1.29, 1.82) is 10.5 Å². The van der Waals surface area contributed by atoms with Crippen LogP contribution in [0.1, 0.15) is 22.3 Å². The van der Waals surface area contributed by atoms with Gasteiger partial charge in [0.25, 0.3) is 0 Å². The van der Waals surface area contributed by atoms with Crippen LogP contribution >= 0.6 is 0 Å². The summed E-state index contributed by atoms with van der Waals surface area (Å²) < 4.78 is 13.8. The lowest BCUT2D eigenvalue weighted by molar-refractivity contribution is 0.628. The molecule has 1 heterocycles. The van der Waals surface area contributed by atoms with Crippen LogP contribution in [0.15, 0.2) is 42.6 Å². The predicted molar refractivity (Wildman–Crippen MR) is 89.6 cm³/mol. The Morgan fingerprint density at radius 1 is 1.12 bits per heavy atom. The summed E-state index contributed by atoms with van der Waals surface area (Å²) in [6, 6.07) is 14.1. The van der Waals surface area contributed by atoms with Crippen molar-refractivity contribution in [2.24, 2.45) is 0 Å². The monoisotopic (exact) mass is 316 g/mol. The van der Waals surface area contributed by atoms with Crippen molar-refractivity contribution in [2.75, 3.05) is 5.32 Å². The zero-order chi connectivity index (χ0) is 17.1. The molecule has 1 N–H and O–H groups in total. The Morgan fingerprint density at radius 3 is 2.54 bits per heavy atom. The standard InChI is InChI=1S/C19H13FN4/c1-12-6-16(20)7-17-18(12)24-11-15(9-22)19(17)23-10-14-4-2-13(8-21)3-5-14/h2-7,11H,10H2,1H3,(H,23,24). The van der Waals surface area contributed by atoms with Crippen molar-refractivity contribution in [3.05, 3.63) is 70.7 Å². The molecule has 2 aromatic carbocycles. The van der Waals surface area contributed by atoms with Crippen LogP contribution < -0.4 is 5.32 Å². The highest BCUT2D eigenvalue weighted by Crippen LogP contribution is 2.29. The van der Waals surface area contributed by atoms with Crippen LogP contribution in [0.4, 0.5) is 10.1 Å². The van der Waals surface area contributed by atoms with Gasteiger partial charge in [-0.25, -0.2) is 4.39 Å². The molecule has 4 nitrogen and oxygen atoms in total. The number of benzene rings is 2. The van der Waals surface area contributed by atoms with E-state index in [0.717, 1.165) is 11.1 Å². The van der Waals surface area contributed by atoms with E-state index in [4.69, 9.17) is 5.26 Å². The summed E-state index contributed by atoms with van der Waals surface area (Å²) in [6.45, 7) is 2.24. The SMILES string of the molecule is Cc1cc(F)cc2c(NCc3ccc(C#N)cc3)c(C#N)cnc12. The van der Waals surface area contributed by atoms with E-state index in [-0.39, 0.29) is 5.82 Å². The molecule has 0 atom stereocenters. The van der Waals surface area contributed by atoms with Gasteiger partial charge >= 0.3 is 0 Å². The molecule has 0 fully saturated rings. The van der Waals surface area contributed by atoms with Crippen LogP contribution in [0, 0.1) is 35.4 Å². The molecule has 3 rings (SSSR count). The lowest BCUT2D eigenvalue weighted by atomic mass is 10.1. The summed E-state index contributed by atoms with van der Waals surface area (Å²) in [5.74, 6) is -0.363. The number of anilines is 1. The topological polar surface area (TPSA) is 72.5 Å². The quantitative estimate of drug-likeness (QED) is 0.791. The minimum atomic E-state index is -0.363. The average molecular weight is 316 g/mol. The van der Waals surface area contributed by atoms with E-state index >= 15 is 0 Å². The van der Waals surface area contributed by atoms with Crippen molar-refractivity contribution in [3.8, 4) is 12.1 Å². The Hall–Kier alpha value is -3.44. The Labute approximate surface area is 138 Å². The van der Waals surface area contributed by atoms with Gasteiger partial charge in [-0.2, -0.15) is 10.5 Å². The molecule has 0 saturated heterocycles. The van der Waals surface area contributed by atoms with Gasteiger partial charge in [0.1, 0.15) is 11.9 Å². The second-order valence-corrected chi connectivity index (χ2v) is 5.44. The third-order valence-corrected chi connectivity index (χ3v) is 3.80. The minimum absolute atomic E-state index is 0.362. The molecule has 3 aromatic rings. The van der Waals surface area contributed by atoms with Crippen molar-refractivity contribution >= 4 is 16.6 Å². The van der Waals surface area contributed by atoms with Crippen LogP contribution in [-0.4, -0.2) is 4.98 Å². The lowest BCUT2D eigenvalue weighted by Crippen LogP contribution is -2.03. The fourth-order valence-corrected chi connectivity index (χ4v) is 2.60. The minimum Gasteiger partial charge on any atom is -0.379 e. The number of halogens is 1. The van der Waals surface area contributed by atoms with Crippen molar-refractivity contribution in [2.45, 2.75) is 13.5 Å². The number of hydrogen-bond acceptors (Lipinski definition) is 4. The molecule has 0 bridgehead atoms. The number of aromatic nitrogens is 1. The van der Waals surface area contributed by atoms with Crippen molar-refractivity contribution in [3.63, 3.8) is 0 Å². The van der Waals surface area contributed by atoms with Gasteiger partial charge in [-0.15, -0.1) is 0 Å². The Morgan fingerprint density at radius 2 is 1.88 bits per heavy atom. The third-order valence-electron chi connectivity index (χ3n) is 3.80. The maximum absolute atomic E-state index is 13.8. The van der Waals surface area contributed by atoms with Gasteiger partial charge in [0.05, 0.1) is 28.4 Å². The van der Waals surface area contributed by atoms with E-state index in [2.05, 4.69) is 22.4 Å². The molecule has 116 valence electrons. The largest absolute Gasteiger partial charge is 0.379 e. The number of nitrogens with one attached hydrogen (secondary N) is 1. The summed E-state index contributed by atoms with van der Waals surface area (Å²) in [7, 11) is 0. The van der Waals surface area contributed by atoms with Crippen LogP contribution in [0.3, 0.4) is 0 Å². The smallest absolute Gasteiger partial charge is 0.124 e. The van der Waals surface area contributed by atoms with E-state index in [1.165, 1.54) is 18.3 Å². The van der Waals surface area contributed by atoms with E-state index in [1.807, 2.05) is 12.1 Å². The first kappa shape index (κ1) is 15.5. The molecule has 5 heteroatoms. The summed E-state index contributed by atoms with van der Waals surface area (Å²) >= 11 is 0. The number of hydrogen-bond donors (Lipinski definition) is 1. The van der Waals surface area contributed by atoms with Gasteiger partial charge < -0.3 is 5.32 Å². The fourth-order valence-electron chi connectivity index (χ4n) is 2.60. The highest BCUT2D eigenvalue weighted by molar-refractivity contribution is 5.95. The fraction of sp³-hybridized carbons (Fsp3) is 0.105. The maximum Gasteiger partial charge on any atom is 0.124 e. The Balaban J connectivity index is 2.01. The van der Waals surface area contributed by atoms with Crippen LogP contribution in [0.2, 0.25) is 0 Å². The summed E-state index contributed by atoms with van der Waals surface area (Å²) in [4.78, 5) is 4.27. The highest BCUT2D eigenvalue weighted by atomic mass is 19.1. The Kier molecular flexibility index (Phi) is 4.09. The van der Waals surface area contributed by atoms with E-state index < -0.39 is 0 Å². The highest BCUT2D eigenvalue weighted by Gasteiger charge is 2.12. The van der Waals surface area contributed by atoms with Crippen molar-refractivity contribution < 1.29 is 4.39 Å². The zero-order valence-corrected chi connectivity index (χ0v) is 13.0. The number of fused-ring (bicyclic) bond motifs is 1. The summed E-state index contributed by atoms with van der Waals surface area (Å²) in [5, 5.41) is 21.9. The van der Waals surface area contributed by atoms with Gasteiger partial charge in [0, 0.05) is 18.1 Å². The van der Waals surface area contributed by atoms with Crippen molar-refractivity contribution in [1.82, 2.24) is 4.98 Å².